The highest BCUT2D eigenvalue weighted by atomic mass is 16.5. The van der Waals surface area contributed by atoms with Crippen LogP contribution in [-0.2, 0) is 19.1 Å². The molecule has 0 aromatic rings. The monoisotopic (exact) mass is 203 g/mol. The molecule has 0 saturated heterocycles. The van der Waals surface area contributed by atoms with Crippen molar-refractivity contribution < 1.29 is 19.1 Å². The molecule has 0 N–H and O–H groups in total. The van der Waals surface area contributed by atoms with Crippen molar-refractivity contribution in [2.75, 3.05) is 33.9 Å². The Morgan fingerprint density at radius 1 is 1.29 bits per heavy atom. The molecule has 0 radical (unpaired) electrons. The van der Waals surface area contributed by atoms with Gasteiger partial charge in [0.2, 0.25) is 5.91 Å². The summed E-state index contributed by atoms with van der Waals surface area (Å²) in [5.74, 6) is -0.502. The van der Waals surface area contributed by atoms with Crippen molar-refractivity contribution in [1.29, 1.82) is 0 Å². The molecule has 0 atom stereocenters. The summed E-state index contributed by atoms with van der Waals surface area (Å²) in [6.45, 7) is 2.69. The van der Waals surface area contributed by atoms with E-state index in [1.165, 1.54) is 19.1 Å². The summed E-state index contributed by atoms with van der Waals surface area (Å²) in [5, 5.41) is 0. The van der Waals surface area contributed by atoms with Gasteiger partial charge in [-0.3, -0.25) is 9.59 Å². The van der Waals surface area contributed by atoms with Crippen LogP contribution in [0.25, 0.3) is 0 Å². The third-order valence-corrected chi connectivity index (χ3v) is 1.80. The number of amides is 1. The van der Waals surface area contributed by atoms with Gasteiger partial charge in [0, 0.05) is 13.7 Å². The van der Waals surface area contributed by atoms with Crippen LogP contribution in [0, 0.1) is 0 Å². The van der Waals surface area contributed by atoms with Gasteiger partial charge in [-0.2, -0.15) is 0 Å². The Morgan fingerprint density at radius 2 is 1.93 bits per heavy atom. The molecule has 1 amide bonds. The Kier molecular flexibility index (Phi) is 6.74. The molecule has 82 valence electrons. The SMILES string of the molecule is CCN(CC(=O)OC)C(=O)CCOC. The standard InChI is InChI=1S/C9H17NO4/c1-4-10(7-9(12)14-3)8(11)5-6-13-2/h4-7H2,1-3H3. The van der Waals surface area contributed by atoms with Gasteiger partial charge in [0.15, 0.2) is 0 Å². The van der Waals surface area contributed by atoms with Crippen molar-refractivity contribution >= 4 is 11.9 Å². The fourth-order valence-corrected chi connectivity index (χ4v) is 0.944. The van der Waals surface area contributed by atoms with Crippen molar-refractivity contribution in [2.24, 2.45) is 0 Å². The van der Waals surface area contributed by atoms with Crippen LogP contribution in [0.4, 0.5) is 0 Å². The van der Waals surface area contributed by atoms with Gasteiger partial charge in [0.05, 0.1) is 20.1 Å². The van der Waals surface area contributed by atoms with E-state index in [-0.39, 0.29) is 12.5 Å². The number of ether oxygens (including phenoxy) is 2. The Hall–Kier alpha value is -1.10. The number of esters is 1. The van der Waals surface area contributed by atoms with Gasteiger partial charge in [-0.15, -0.1) is 0 Å². The number of likely N-dealkylation sites (N-methyl/N-ethyl adjacent to an activating group) is 1. The summed E-state index contributed by atoms with van der Waals surface area (Å²) in [6.07, 6.45) is 0.293. The highest BCUT2D eigenvalue weighted by molar-refractivity contribution is 5.82. The number of carbonyl (C=O) groups is 2. The van der Waals surface area contributed by atoms with E-state index in [2.05, 4.69) is 4.74 Å². The average Bonchev–Trinajstić information content (AvgIpc) is 2.21. The van der Waals surface area contributed by atoms with Gasteiger partial charge in [-0.05, 0) is 6.92 Å². The first-order chi connectivity index (χ1) is 6.65. The van der Waals surface area contributed by atoms with Crippen molar-refractivity contribution in [1.82, 2.24) is 4.90 Å². The summed E-state index contributed by atoms with van der Waals surface area (Å²) < 4.78 is 9.25. The van der Waals surface area contributed by atoms with E-state index in [9.17, 15) is 9.59 Å². The van der Waals surface area contributed by atoms with Gasteiger partial charge < -0.3 is 14.4 Å². The van der Waals surface area contributed by atoms with Crippen LogP contribution in [-0.4, -0.2) is 50.7 Å². The largest absolute Gasteiger partial charge is 0.468 e. The molecule has 0 fully saturated rings. The predicted octanol–water partition coefficient (Wildman–Crippen LogP) is 0.0444. The minimum Gasteiger partial charge on any atom is -0.468 e. The van der Waals surface area contributed by atoms with Crippen LogP contribution >= 0.6 is 0 Å². The van der Waals surface area contributed by atoms with Crippen LogP contribution < -0.4 is 0 Å². The molecular weight excluding hydrogens is 186 g/mol. The van der Waals surface area contributed by atoms with Crippen LogP contribution in [0.5, 0.6) is 0 Å². The molecular formula is C9H17NO4. The molecule has 0 saturated carbocycles. The van der Waals surface area contributed by atoms with Gasteiger partial charge in [-0.25, -0.2) is 0 Å². The maximum Gasteiger partial charge on any atom is 0.325 e. The van der Waals surface area contributed by atoms with E-state index in [1.807, 2.05) is 6.92 Å². The highest BCUT2D eigenvalue weighted by Crippen LogP contribution is 1.95. The predicted molar refractivity (Wildman–Crippen MR) is 50.8 cm³/mol. The number of hydrogen-bond donors (Lipinski definition) is 0. The molecule has 0 aliphatic heterocycles. The normalized spacial score (nSPS) is 9.64. The highest BCUT2D eigenvalue weighted by Gasteiger charge is 2.14. The molecule has 0 bridgehead atoms. The van der Waals surface area contributed by atoms with E-state index in [0.29, 0.717) is 19.6 Å². The summed E-state index contributed by atoms with van der Waals surface area (Å²) in [4.78, 5) is 23.8. The van der Waals surface area contributed by atoms with E-state index < -0.39 is 5.97 Å². The summed E-state index contributed by atoms with van der Waals surface area (Å²) in [5.41, 5.74) is 0. The molecule has 0 spiro atoms. The van der Waals surface area contributed by atoms with E-state index in [1.54, 1.807) is 0 Å². The molecule has 0 rings (SSSR count). The second kappa shape index (κ2) is 7.32. The van der Waals surface area contributed by atoms with Gasteiger partial charge in [0.1, 0.15) is 6.54 Å². The molecule has 0 aromatic heterocycles. The van der Waals surface area contributed by atoms with Crippen molar-refractivity contribution in [3.8, 4) is 0 Å². The number of rotatable bonds is 6. The fraction of sp³-hybridized carbons (Fsp3) is 0.778. The van der Waals surface area contributed by atoms with E-state index in [0.717, 1.165) is 0 Å². The Bertz CT molecular complexity index is 193. The lowest BCUT2D eigenvalue weighted by atomic mass is 10.3. The lowest BCUT2D eigenvalue weighted by Gasteiger charge is -2.18. The Labute approximate surface area is 84.0 Å². The van der Waals surface area contributed by atoms with E-state index >= 15 is 0 Å². The fourth-order valence-electron chi connectivity index (χ4n) is 0.944. The summed E-state index contributed by atoms with van der Waals surface area (Å²) in [7, 11) is 2.83. The molecule has 5 nitrogen and oxygen atoms in total. The number of carbonyl (C=O) groups excluding carboxylic acids is 2. The summed E-state index contributed by atoms with van der Waals surface area (Å²) >= 11 is 0. The number of hydrogen-bond acceptors (Lipinski definition) is 4. The zero-order chi connectivity index (χ0) is 11.0. The number of methoxy groups -OCH3 is 2. The molecule has 5 heteroatoms. The molecule has 0 aliphatic rings. The lowest BCUT2D eigenvalue weighted by molar-refractivity contribution is -0.147. The zero-order valence-electron chi connectivity index (χ0n) is 8.91. The smallest absolute Gasteiger partial charge is 0.325 e. The zero-order valence-corrected chi connectivity index (χ0v) is 8.91. The molecule has 0 heterocycles. The van der Waals surface area contributed by atoms with Crippen molar-refractivity contribution in [2.45, 2.75) is 13.3 Å². The number of nitrogens with zero attached hydrogens (tertiary/aromatic N) is 1. The maximum absolute atomic E-state index is 11.4. The van der Waals surface area contributed by atoms with E-state index in [4.69, 9.17) is 4.74 Å². The molecule has 0 aliphatic carbocycles. The molecule has 0 aromatic carbocycles. The Morgan fingerprint density at radius 3 is 2.36 bits per heavy atom. The minimum absolute atomic E-state index is 0.00947. The van der Waals surface area contributed by atoms with Crippen molar-refractivity contribution in [3.63, 3.8) is 0 Å². The first kappa shape index (κ1) is 12.9. The maximum atomic E-state index is 11.4. The van der Waals surface area contributed by atoms with Crippen LogP contribution in [0.2, 0.25) is 0 Å². The van der Waals surface area contributed by atoms with Crippen LogP contribution in [0.1, 0.15) is 13.3 Å². The second-order valence-electron chi connectivity index (χ2n) is 2.73. The van der Waals surface area contributed by atoms with Crippen LogP contribution in [0.15, 0.2) is 0 Å². The second-order valence-corrected chi connectivity index (χ2v) is 2.73. The van der Waals surface area contributed by atoms with Gasteiger partial charge >= 0.3 is 5.97 Å². The van der Waals surface area contributed by atoms with Crippen LogP contribution in [0.3, 0.4) is 0 Å². The van der Waals surface area contributed by atoms with Gasteiger partial charge in [-0.1, -0.05) is 0 Å². The first-order valence-corrected chi connectivity index (χ1v) is 4.49. The molecule has 0 unspecified atom stereocenters. The molecule has 14 heavy (non-hydrogen) atoms. The lowest BCUT2D eigenvalue weighted by Crippen LogP contribution is -2.36. The Balaban J connectivity index is 3.98. The van der Waals surface area contributed by atoms with Crippen molar-refractivity contribution in [3.05, 3.63) is 0 Å². The first-order valence-electron chi connectivity index (χ1n) is 4.49. The minimum atomic E-state index is -0.405. The third kappa shape index (κ3) is 4.81. The average molecular weight is 203 g/mol. The third-order valence-electron chi connectivity index (χ3n) is 1.80. The summed E-state index contributed by atoms with van der Waals surface area (Å²) in [6, 6.07) is 0. The topological polar surface area (TPSA) is 55.8 Å². The van der Waals surface area contributed by atoms with Gasteiger partial charge in [0.25, 0.3) is 0 Å². The quantitative estimate of drug-likeness (QED) is 0.572.